The summed E-state index contributed by atoms with van der Waals surface area (Å²) in [6.07, 6.45) is 3.53. The highest BCUT2D eigenvalue weighted by atomic mass is 16.5. The van der Waals surface area contributed by atoms with E-state index in [1.54, 1.807) is 0 Å². The highest BCUT2D eigenvalue weighted by molar-refractivity contribution is 5.33. The molecule has 0 atom stereocenters. The third-order valence-electron chi connectivity index (χ3n) is 2.15. The van der Waals surface area contributed by atoms with E-state index >= 15 is 0 Å². The summed E-state index contributed by atoms with van der Waals surface area (Å²) >= 11 is 0. The van der Waals surface area contributed by atoms with Crippen LogP contribution in [0.1, 0.15) is 12.8 Å². The van der Waals surface area contributed by atoms with Crippen molar-refractivity contribution in [2.45, 2.75) is 12.8 Å². The van der Waals surface area contributed by atoms with E-state index in [1.807, 2.05) is 0 Å². The highest BCUT2D eigenvalue weighted by Gasteiger charge is 2.15. The van der Waals surface area contributed by atoms with Crippen LogP contribution in [0.4, 0.5) is 0 Å². The lowest BCUT2D eigenvalue weighted by molar-refractivity contribution is 0.0756. The van der Waals surface area contributed by atoms with Gasteiger partial charge in [-0.1, -0.05) is 12.2 Å². The summed E-state index contributed by atoms with van der Waals surface area (Å²) in [7, 11) is 0. The van der Waals surface area contributed by atoms with Gasteiger partial charge in [-0.3, -0.25) is 0 Å². The molecule has 0 N–H and O–H groups in total. The van der Waals surface area contributed by atoms with E-state index in [2.05, 4.69) is 11.6 Å². The van der Waals surface area contributed by atoms with Crippen LogP contribution in [0.25, 0.3) is 0 Å². The average molecular weight is 167 g/mol. The molecule has 0 amide bonds. The van der Waals surface area contributed by atoms with Gasteiger partial charge in [0.25, 0.3) is 0 Å². The van der Waals surface area contributed by atoms with Crippen LogP contribution in [0.15, 0.2) is 17.1 Å². The van der Waals surface area contributed by atoms with Crippen LogP contribution in [-0.4, -0.2) is 25.8 Å². The van der Waals surface area contributed by atoms with Gasteiger partial charge in [0.05, 0.1) is 6.54 Å². The minimum Gasteiger partial charge on any atom is -0.381 e. The summed E-state index contributed by atoms with van der Waals surface area (Å²) in [5.41, 5.74) is 1.03. The van der Waals surface area contributed by atoms with Crippen LogP contribution in [0.5, 0.6) is 0 Å². The van der Waals surface area contributed by atoms with E-state index < -0.39 is 0 Å². The number of aliphatic imine (C=N–C) groups is 1. The second-order valence-electron chi connectivity index (χ2n) is 2.95. The van der Waals surface area contributed by atoms with Crippen molar-refractivity contribution in [3.63, 3.8) is 0 Å². The Kier molecular flexibility index (Phi) is 3.71. The van der Waals surface area contributed by atoms with Gasteiger partial charge < -0.3 is 4.74 Å². The molecule has 66 valence electrons. The first kappa shape index (κ1) is 9.17. The van der Waals surface area contributed by atoms with Crippen molar-refractivity contribution in [2.75, 3.05) is 19.8 Å². The minimum atomic E-state index is 0.425. The van der Waals surface area contributed by atoms with Crippen LogP contribution < -0.4 is 0 Å². The molecule has 0 aromatic heterocycles. The van der Waals surface area contributed by atoms with Gasteiger partial charge >= 0.3 is 0 Å². The molecule has 0 saturated carbocycles. The maximum absolute atomic E-state index is 9.83. The maximum atomic E-state index is 9.83. The van der Waals surface area contributed by atoms with Gasteiger partial charge in [0, 0.05) is 13.2 Å². The van der Waals surface area contributed by atoms with Crippen LogP contribution in [0.3, 0.4) is 0 Å². The van der Waals surface area contributed by atoms with Crippen LogP contribution in [0.2, 0.25) is 0 Å². The van der Waals surface area contributed by atoms with Gasteiger partial charge in [0.2, 0.25) is 6.08 Å². The van der Waals surface area contributed by atoms with E-state index in [9.17, 15) is 4.79 Å². The Balaban J connectivity index is 2.34. The SMILES string of the molecule is C=C(CN=C=O)C1CCOCC1. The van der Waals surface area contributed by atoms with Crippen molar-refractivity contribution in [2.24, 2.45) is 10.9 Å². The van der Waals surface area contributed by atoms with Crippen LogP contribution in [0, 0.1) is 5.92 Å². The predicted molar refractivity (Wildman–Crippen MR) is 45.7 cm³/mol. The topological polar surface area (TPSA) is 38.7 Å². The van der Waals surface area contributed by atoms with Crippen molar-refractivity contribution in [1.82, 2.24) is 0 Å². The van der Waals surface area contributed by atoms with E-state index in [0.717, 1.165) is 31.6 Å². The zero-order valence-corrected chi connectivity index (χ0v) is 7.08. The Morgan fingerprint density at radius 2 is 2.25 bits per heavy atom. The summed E-state index contributed by atoms with van der Waals surface area (Å²) in [6, 6.07) is 0. The molecule has 1 saturated heterocycles. The molecule has 0 spiro atoms. The summed E-state index contributed by atoms with van der Waals surface area (Å²) in [5.74, 6) is 0.482. The third kappa shape index (κ3) is 2.61. The van der Waals surface area contributed by atoms with Crippen molar-refractivity contribution in [1.29, 1.82) is 0 Å². The number of hydrogen-bond acceptors (Lipinski definition) is 3. The number of nitrogens with zero attached hydrogens (tertiary/aromatic N) is 1. The molecule has 0 aromatic rings. The number of carbonyl (C=O) groups excluding carboxylic acids is 1. The molecule has 3 nitrogen and oxygen atoms in total. The van der Waals surface area contributed by atoms with Gasteiger partial charge in [0.15, 0.2) is 0 Å². The largest absolute Gasteiger partial charge is 0.381 e. The first-order chi connectivity index (χ1) is 5.84. The van der Waals surface area contributed by atoms with E-state index in [4.69, 9.17) is 4.74 Å². The maximum Gasteiger partial charge on any atom is 0.235 e. The van der Waals surface area contributed by atoms with Gasteiger partial charge in [-0.05, 0) is 18.8 Å². The molecule has 0 bridgehead atoms. The molecule has 3 heteroatoms. The zero-order chi connectivity index (χ0) is 8.81. The van der Waals surface area contributed by atoms with E-state index in [-0.39, 0.29) is 0 Å². The quantitative estimate of drug-likeness (QED) is 0.361. The fourth-order valence-corrected chi connectivity index (χ4v) is 1.37. The molecule has 12 heavy (non-hydrogen) atoms. The van der Waals surface area contributed by atoms with Crippen molar-refractivity contribution in [3.8, 4) is 0 Å². The molecule has 1 aliphatic rings. The van der Waals surface area contributed by atoms with Gasteiger partial charge in [-0.15, -0.1) is 0 Å². The van der Waals surface area contributed by atoms with Crippen molar-refractivity contribution < 1.29 is 9.53 Å². The standard InChI is InChI=1S/C9H13NO2/c1-8(6-10-7-11)9-2-4-12-5-3-9/h9H,1-6H2. The number of isocyanates is 1. The Bertz CT molecular complexity index is 201. The van der Waals surface area contributed by atoms with Gasteiger partial charge in [-0.25, -0.2) is 9.79 Å². The van der Waals surface area contributed by atoms with E-state index in [0.29, 0.717) is 12.5 Å². The highest BCUT2D eigenvalue weighted by Crippen LogP contribution is 2.21. The Morgan fingerprint density at radius 1 is 1.58 bits per heavy atom. The lowest BCUT2D eigenvalue weighted by Gasteiger charge is -2.22. The third-order valence-corrected chi connectivity index (χ3v) is 2.15. The van der Waals surface area contributed by atoms with Crippen LogP contribution >= 0.6 is 0 Å². The normalized spacial score (nSPS) is 18.3. The molecule has 1 rings (SSSR count). The second kappa shape index (κ2) is 4.86. The van der Waals surface area contributed by atoms with Crippen molar-refractivity contribution >= 4 is 6.08 Å². The number of rotatable bonds is 3. The fraction of sp³-hybridized carbons (Fsp3) is 0.667. The van der Waals surface area contributed by atoms with Gasteiger partial charge in [-0.2, -0.15) is 0 Å². The molecule has 1 heterocycles. The zero-order valence-electron chi connectivity index (χ0n) is 7.08. The van der Waals surface area contributed by atoms with E-state index in [1.165, 1.54) is 6.08 Å². The van der Waals surface area contributed by atoms with Gasteiger partial charge in [0.1, 0.15) is 0 Å². The smallest absolute Gasteiger partial charge is 0.235 e. The number of ether oxygens (including phenoxy) is 1. The fourth-order valence-electron chi connectivity index (χ4n) is 1.37. The first-order valence-electron chi connectivity index (χ1n) is 4.13. The summed E-state index contributed by atoms with van der Waals surface area (Å²) < 4.78 is 5.21. The lowest BCUT2D eigenvalue weighted by atomic mass is 9.93. The molecule has 0 radical (unpaired) electrons. The average Bonchev–Trinajstić information content (AvgIpc) is 2.15. The Labute approximate surface area is 72.1 Å². The predicted octanol–water partition coefficient (Wildman–Crippen LogP) is 1.31. The summed E-state index contributed by atoms with van der Waals surface area (Å²) in [6.45, 7) is 5.91. The molecule has 1 fully saturated rings. The first-order valence-corrected chi connectivity index (χ1v) is 4.13. The summed E-state index contributed by atoms with van der Waals surface area (Å²) in [5, 5.41) is 0. The monoisotopic (exact) mass is 167 g/mol. The van der Waals surface area contributed by atoms with Crippen molar-refractivity contribution in [3.05, 3.63) is 12.2 Å². The lowest BCUT2D eigenvalue weighted by Crippen LogP contribution is -2.18. The minimum absolute atomic E-state index is 0.425. The Hall–Kier alpha value is -0.920. The second-order valence-corrected chi connectivity index (χ2v) is 2.95. The number of hydrogen-bond donors (Lipinski definition) is 0. The molecule has 0 aromatic carbocycles. The Morgan fingerprint density at radius 3 is 2.83 bits per heavy atom. The van der Waals surface area contributed by atoms with Crippen LogP contribution in [-0.2, 0) is 9.53 Å². The molecular weight excluding hydrogens is 154 g/mol. The molecule has 1 aliphatic heterocycles. The molecule has 0 unspecified atom stereocenters. The molecule has 0 aliphatic carbocycles. The molecular formula is C9H13NO2. The summed E-state index contributed by atoms with van der Waals surface area (Å²) in [4.78, 5) is 13.3.